The summed E-state index contributed by atoms with van der Waals surface area (Å²) in [7, 11) is 0. The molecular weight excluding hydrogens is 398 g/mol. The van der Waals surface area contributed by atoms with Gasteiger partial charge in [-0.1, -0.05) is 24.3 Å². The number of para-hydroxylation sites is 1. The van der Waals surface area contributed by atoms with Gasteiger partial charge in [0.05, 0.1) is 5.52 Å². The minimum Gasteiger partial charge on any atom is -0.452 e. The fourth-order valence-electron chi connectivity index (χ4n) is 2.83. The topological polar surface area (TPSA) is 86.8 Å². The maximum atomic E-state index is 13.0. The van der Waals surface area contributed by atoms with Crippen molar-refractivity contribution in [2.75, 3.05) is 11.9 Å². The van der Waals surface area contributed by atoms with Crippen molar-refractivity contribution in [3.63, 3.8) is 0 Å². The number of halogens is 2. The van der Waals surface area contributed by atoms with Crippen LogP contribution in [-0.2, 0) is 14.3 Å². The van der Waals surface area contributed by atoms with E-state index in [1.54, 1.807) is 18.3 Å². The van der Waals surface area contributed by atoms with Crippen LogP contribution in [0.5, 0.6) is 11.5 Å². The number of anilines is 1. The average Bonchev–Trinajstić information content (AvgIpc) is 3.03. The normalized spacial score (nSPS) is 14.1. The van der Waals surface area contributed by atoms with Gasteiger partial charge in [0, 0.05) is 35.0 Å². The highest BCUT2D eigenvalue weighted by Crippen LogP contribution is 2.42. The van der Waals surface area contributed by atoms with Crippen LogP contribution in [0.15, 0.2) is 60.8 Å². The first kappa shape index (κ1) is 19.3. The molecule has 1 aromatic heterocycles. The van der Waals surface area contributed by atoms with Gasteiger partial charge in [0.1, 0.15) is 0 Å². The third kappa shape index (κ3) is 4.35. The monoisotopic (exact) mass is 412 g/mol. The van der Waals surface area contributed by atoms with Crippen LogP contribution in [0.1, 0.15) is 5.56 Å². The van der Waals surface area contributed by atoms with E-state index in [9.17, 15) is 18.4 Å². The highest BCUT2D eigenvalue weighted by atomic mass is 19.3. The van der Waals surface area contributed by atoms with E-state index >= 15 is 0 Å². The smallest absolute Gasteiger partial charge is 0.452 e. The van der Waals surface area contributed by atoms with Gasteiger partial charge in [-0.3, -0.25) is 9.78 Å². The fraction of sp³-hybridized carbons (Fsp3) is 0.0952. The lowest BCUT2D eigenvalue weighted by atomic mass is 10.1. The summed E-state index contributed by atoms with van der Waals surface area (Å²) in [5, 5.41) is 3.35. The summed E-state index contributed by atoms with van der Waals surface area (Å²) in [6, 6.07) is 13.0. The Hall–Kier alpha value is -4.01. The number of pyridine rings is 1. The number of alkyl halides is 2. The molecule has 1 amide bonds. The molecule has 7 nitrogen and oxygen atoms in total. The lowest BCUT2D eigenvalue weighted by molar-refractivity contribution is -0.286. The molecule has 2 aromatic carbocycles. The Morgan fingerprint density at radius 3 is 2.77 bits per heavy atom. The van der Waals surface area contributed by atoms with Gasteiger partial charge in [0.15, 0.2) is 18.1 Å². The molecule has 0 saturated heterocycles. The van der Waals surface area contributed by atoms with Crippen molar-refractivity contribution >= 4 is 34.5 Å². The molecule has 0 radical (unpaired) electrons. The quantitative estimate of drug-likeness (QED) is 0.507. The summed E-state index contributed by atoms with van der Waals surface area (Å²) in [5.74, 6) is -1.71. The number of hydrogen-bond donors (Lipinski definition) is 1. The number of fused-ring (bicyclic) bond motifs is 2. The average molecular weight is 412 g/mol. The Bertz CT molecular complexity index is 1160. The van der Waals surface area contributed by atoms with Gasteiger partial charge in [0.25, 0.3) is 5.91 Å². The van der Waals surface area contributed by atoms with Crippen molar-refractivity contribution in [3.8, 4) is 11.5 Å². The standard InChI is InChI=1S/C21H14F2N2O5/c22-21(23)29-16-8-7-15(11-17(16)30-21)25-18(26)12-28-19(27)9-6-14-4-1-3-13-5-2-10-24-20(13)14/h1-11H,12H2,(H,25,26)/b9-6+. The number of aromatic nitrogens is 1. The molecule has 2 heterocycles. The largest absolute Gasteiger partial charge is 0.586 e. The minimum absolute atomic E-state index is 0.141. The van der Waals surface area contributed by atoms with Gasteiger partial charge in [0.2, 0.25) is 0 Å². The Kier molecular flexibility index (Phi) is 5.01. The number of ether oxygens (including phenoxy) is 3. The van der Waals surface area contributed by atoms with Crippen LogP contribution in [0.2, 0.25) is 0 Å². The second-order valence-corrected chi connectivity index (χ2v) is 6.24. The number of carbonyl (C=O) groups is 2. The van der Waals surface area contributed by atoms with Gasteiger partial charge < -0.3 is 19.5 Å². The lowest BCUT2D eigenvalue weighted by Gasteiger charge is -2.06. The zero-order valence-electron chi connectivity index (χ0n) is 15.3. The molecule has 1 aliphatic heterocycles. The second kappa shape index (κ2) is 7.78. The van der Waals surface area contributed by atoms with Crippen molar-refractivity contribution in [3.05, 3.63) is 66.4 Å². The Morgan fingerprint density at radius 2 is 1.90 bits per heavy atom. The first-order chi connectivity index (χ1) is 14.4. The molecule has 0 aliphatic carbocycles. The van der Waals surface area contributed by atoms with Crippen LogP contribution in [0, 0.1) is 0 Å². The van der Waals surface area contributed by atoms with E-state index in [1.165, 1.54) is 24.3 Å². The maximum Gasteiger partial charge on any atom is 0.586 e. The molecular formula is C21H14F2N2O5. The van der Waals surface area contributed by atoms with E-state index in [-0.39, 0.29) is 17.2 Å². The minimum atomic E-state index is -3.74. The van der Waals surface area contributed by atoms with Crippen LogP contribution in [0.4, 0.5) is 14.5 Å². The van der Waals surface area contributed by atoms with Gasteiger partial charge in [-0.2, -0.15) is 0 Å². The van der Waals surface area contributed by atoms with E-state index in [4.69, 9.17) is 4.74 Å². The van der Waals surface area contributed by atoms with Crippen molar-refractivity contribution < 1.29 is 32.6 Å². The number of carbonyl (C=O) groups excluding carboxylic acids is 2. The lowest BCUT2D eigenvalue weighted by Crippen LogP contribution is -2.25. The Balaban J connectivity index is 1.32. The number of nitrogens with zero attached hydrogens (tertiary/aromatic N) is 1. The number of rotatable bonds is 5. The van der Waals surface area contributed by atoms with Gasteiger partial charge in [-0.25, -0.2) is 4.79 Å². The van der Waals surface area contributed by atoms with E-state index in [2.05, 4.69) is 19.8 Å². The van der Waals surface area contributed by atoms with Crippen LogP contribution in [0.25, 0.3) is 17.0 Å². The zero-order chi connectivity index (χ0) is 21.1. The molecule has 0 spiro atoms. The molecule has 0 atom stereocenters. The molecule has 152 valence electrons. The zero-order valence-corrected chi connectivity index (χ0v) is 15.3. The fourth-order valence-corrected chi connectivity index (χ4v) is 2.83. The molecule has 0 bridgehead atoms. The molecule has 1 aliphatic rings. The predicted molar refractivity (Wildman–Crippen MR) is 103 cm³/mol. The second-order valence-electron chi connectivity index (χ2n) is 6.24. The molecule has 9 heteroatoms. The van der Waals surface area contributed by atoms with Gasteiger partial charge >= 0.3 is 12.3 Å². The van der Waals surface area contributed by atoms with Crippen LogP contribution >= 0.6 is 0 Å². The summed E-state index contributed by atoms with van der Waals surface area (Å²) in [5.41, 5.74) is 1.65. The van der Waals surface area contributed by atoms with E-state index < -0.39 is 24.8 Å². The molecule has 0 unspecified atom stereocenters. The van der Waals surface area contributed by atoms with E-state index in [0.29, 0.717) is 0 Å². The van der Waals surface area contributed by atoms with Gasteiger partial charge in [-0.05, 0) is 24.3 Å². The molecule has 0 saturated carbocycles. The number of hydrogen-bond acceptors (Lipinski definition) is 6. The predicted octanol–water partition coefficient (Wildman–Crippen LogP) is 3.75. The van der Waals surface area contributed by atoms with Crippen molar-refractivity contribution in [1.82, 2.24) is 4.98 Å². The first-order valence-corrected chi connectivity index (χ1v) is 8.78. The Labute approximate surface area is 168 Å². The molecule has 0 fully saturated rings. The molecule has 3 aromatic rings. The summed E-state index contributed by atoms with van der Waals surface area (Å²) >= 11 is 0. The number of esters is 1. The van der Waals surface area contributed by atoms with Crippen molar-refractivity contribution in [2.45, 2.75) is 6.29 Å². The molecule has 4 rings (SSSR count). The SMILES string of the molecule is O=C(COC(=O)/C=C/c1cccc2cccnc12)Nc1ccc2c(c1)OC(F)(F)O2. The number of nitrogens with one attached hydrogen (secondary N) is 1. The third-order valence-corrected chi connectivity index (χ3v) is 4.09. The first-order valence-electron chi connectivity index (χ1n) is 8.78. The van der Waals surface area contributed by atoms with Crippen LogP contribution in [0.3, 0.4) is 0 Å². The number of benzene rings is 2. The van der Waals surface area contributed by atoms with Crippen molar-refractivity contribution in [2.24, 2.45) is 0 Å². The summed E-state index contributed by atoms with van der Waals surface area (Å²) in [4.78, 5) is 28.1. The van der Waals surface area contributed by atoms with Crippen LogP contribution < -0.4 is 14.8 Å². The van der Waals surface area contributed by atoms with E-state index in [0.717, 1.165) is 16.5 Å². The van der Waals surface area contributed by atoms with Gasteiger partial charge in [-0.15, -0.1) is 8.78 Å². The maximum absolute atomic E-state index is 13.0. The third-order valence-electron chi connectivity index (χ3n) is 4.09. The molecule has 1 N–H and O–H groups in total. The van der Waals surface area contributed by atoms with Crippen LogP contribution in [-0.4, -0.2) is 29.8 Å². The summed E-state index contributed by atoms with van der Waals surface area (Å²) in [6.07, 6.45) is 0.652. The van der Waals surface area contributed by atoms with E-state index in [1.807, 2.05) is 24.3 Å². The summed E-state index contributed by atoms with van der Waals surface area (Å²) in [6.45, 7) is -0.554. The molecule has 30 heavy (non-hydrogen) atoms. The Morgan fingerprint density at radius 1 is 1.10 bits per heavy atom. The van der Waals surface area contributed by atoms with Crippen molar-refractivity contribution in [1.29, 1.82) is 0 Å². The highest BCUT2D eigenvalue weighted by molar-refractivity contribution is 5.96. The number of amides is 1. The summed E-state index contributed by atoms with van der Waals surface area (Å²) < 4.78 is 39.5. The highest BCUT2D eigenvalue weighted by Gasteiger charge is 2.43.